The third-order valence-electron chi connectivity index (χ3n) is 2.35. The van der Waals surface area contributed by atoms with Crippen molar-refractivity contribution in [2.45, 2.75) is 20.3 Å². The number of hydrogen-bond donors (Lipinski definition) is 1. The lowest BCUT2D eigenvalue weighted by atomic mass is 10.2. The fourth-order valence-electron chi connectivity index (χ4n) is 1.45. The Morgan fingerprint density at radius 2 is 2.47 bits per heavy atom. The Balaban J connectivity index is 2.58. The van der Waals surface area contributed by atoms with Crippen LogP contribution in [0.2, 0.25) is 0 Å². The summed E-state index contributed by atoms with van der Waals surface area (Å²) in [5, 5.41) is 11.0. The van der Waals surface area contributed by atoms with Crippen LogP contribution in [0.25, 0.3) is 0 Å². The average Bonchev–Trinajstić information content (AvgIpc) is 2.70. The van der Waals surface area contributed by atoms with Gasteiger partial charge < -0.3 is 10.6 Å². The normalized spacial score (nSPS) is 11.8. The number of nitriles is 1. The molecule has 0 bridgehead atoms. The molecule has 0 aliphatic rings. The van der Waals surface area contributed by atoms with E-state index in [0.717, 1.165) is 0 Å². The fraction of sp³-hybridized carbons (Fsp3) is 0.545. The van der Waals surface area contributed by atoms with E-state index in [9.17, 15) is 4.79 Å². The second-order valence-electron chi connectivity index (χ2n) is 3.82. The fourth-order valence-corrected chi connectivity index (χ4v) is 2.01. The number of nitrogen functional groups attached to an aromatic ring is 1. The first-order valence-electron chi connectivity index (χ1n) is 5.44. The van der Waals surface area contributed by atoms with Crippen LogP contribution < -0.4 is 5.73 Å². The van der Waals surface area contributed by atoms with Gasteiger partial charge in [-0.1, -0.05) is 0 Å². The van der Waals surface area contributed by atoms with Crippen LogP contribution in [0.1, 0.15) is 19.5 Å². The Hall–Kier alpha value is -1.61. The van der Waals surface area contributed by atoms with Crippen LogP contribution in [0, 0.1) is 17.2 Å². The third kappa shape index (κ3) is 4.04. The number of likely N-dealkylation sites (N-methyl/N-ethyl adjacent to an activating group) is 1. The van der Waals surface area contributed by atoms with Gasteiger partial charge in [0.1, 0.15) is 0 Å². The van der Waals surface area contributed by atoms with Crippen molar-refractivity contribution in [1.82, 2.24) is 9.88 Å². The lowest BCUT2D eigenvalue weighted by molar-refractivity contribution is -0.130. The highest BCUT2D eigenvalue weighted by Gasteiger charge is 2.16. The van der Waals surface area contributed by atoms with Crippen LogP contribution in [-0.4, -0.2) is 28.9 Å². The predicted octanol–water partition coefficient (Wildman–Crippen LogP) is 1.28. The summed E-state index contributed by atoms with van der Waals surface area (Å²) in [6, 6.07) is 2.13. The number of carbonyl (C=O) groups is 1. The van der Waals surface area contributed by atoms with Crippen molar-refractivity contribution >= 4 is 22.4 Å². The first kappa shape index (κ1) is 13.5. The average molecular weight is 252 g/mol. The Morgan fingerprint density at radius 1 is 1.76 bits per heavy atom. The van der Waals surface area contributed by atoms with Gasteiger partial charge in [0.15, 0.2) is 5.13 Å². The molecular formula is C11H16N4OS. The van der Waals surface area contributed by atoms with Gasteiger partial charge in [-0.3, -0.25) is 4.79 Å². The molecule has 0 saturated carbocycles. The van der Waals surface area contributed by atoms with Gasteiger partial charge in [-0.2, -0.15) is 5.26 Å². The molecule has 1 aromatic heterocycles. The van der Waals surface area contributed by atoms with E-state index < -0.39 is 0 Å². The first-order chi connectivity index (χ1) is 8.06. The van der Waals surface area contributed by atoms with Crippen molar-refractivity contribution in [1.29, 1.82) is 5.26 Å². The van der Waals surface area contributed by atoms with Crippen molar-refractivity contribution in [3.05, 3.63) is 11.1 Å². The minimum Gasteiger partial charge on any atom is -0.375 e. The zero-order valence-corrected chi connectivity index (χ0v) is 10.8. The number of carbonyl (C=O) groups excluding carboxylic acids is 1. The Morgan fingerprint density at radius 3 is 2.94 bits per heavy atom. The van der Waals surface area contributed by atoms with Crippen LogP contribution in [0.3, 0.4) is 0 Å². The number of aromatic nitrogens is 1. The van der Waals surface area contributed by atoms with E-state index in [4.69, 9.17) is 11.0 Å². The van der Waals surface area contributed by atoms with Crippen molar-refractivity contribution < 1.29 is 4.79 Å². The largest absolute Gasteiger partial charge is 0.375 e. The molecule has 2 N–H and O–H groups in total. The quantitative estimate of drug-likeness (QED) is 0.855. The maximum Gasteiger partial charge on any atom is 0.228 e. The van der Waals surface area contributed by atoms with E-state index in [1.54, 1.807) is 17.2 Å². The summed E-state index contributed by atoms with van der Waals surface area (Å²) in [5.41, 5.74) is 6.20. The summed E-state index contributed by atoms with van der Waals surface area (Å²) in [5.74, 6) is -0.167. The molecule has 1 rings (SSSR count). The van der Waals surface area contributed by atoms with E-state index in [0.29, 0.717) is 23.9 Å². The van der Waals surface area contributed by atoms with Crippen LogP contribution in [0.15, 0.2) is 5.38 Å². The molecule has 92 valence electrons. The third-order valence-corrected chi connectivity index (χ3v) is 3.07. The smallest absolute Gasteiger partial charge is 0.228 e. The highest BCUT2D eigenvalue weighted by atomic mass is 32.1. The molecule has 1 aromatic rings. The molecule has 0 spiro atoms. The molecule has 0 saturated heterocycles. The van der Waals surface area contributed by atoms with E-state index >= 15 is 0 Å². The predicted molar refractivity (Wildman–Crippen MR) is 67.3 cm³/mol. The summed E-state index contributed by atoms with van der Waals surface area (Å²) < 4.78 is 0. The Kier molecular flexibility index (Phi) is 4.91. The van der Waals surface area contributed by atoms with Gasteiger partial charge in [0.25, 0.3) is 0 Å². The number of anilines is 1. The zero-order valence-electron chi connectivity index (χ0n) is 10.0. The van der Waals surface area contributed by atoms with E-state index in [-0.39, 0.29) is 18.2 Å². The highest BCUT2D eigenvalue weighted by Crippen LogP contribution is 2.12. The van der Waals surface area contributed by atoms with Crippen LogP contribution in [0.4, 0.5) is 5.13 Å². The second-order valence-corrected chi connectivity index (χ2v) is 4.71. The van der Waals surface area contributed by atoms with Crippen molar-refractivity contribution in [3.8, 4) is 6.07 Å². The molecule has 5 nitrogen and oxygen atoms in total. The van der Waals surface area contributed by atoms with Crippen LogP contribution in [0.5, 0.6) is 0 Å². The van der Waals surface area contributed by atoms with Crippen molar-refractivity contribution in [3.63, 3.8) is 0 Å². The second kappa shape index (κ2) is 6.21. The van der Waals surface area contributed by atoms with Crippen molar-refractivity contribution in [2.75, 3.05) is 18.8 Å². The minimum absolute atomic E-state index is 0.0140. The standard InChI is InChI=1S/C11H16N4OS/c1-3-15(6-8(2)5-12)10(16)4-9-7-17-11(13)14-9/h7-8H,3-4,6H2,1-2H3,(H2,13,14). The van der Waals surface area contributed by atoms with Crippen LogP contribution in [-0.2, 0) is 11.2 Å². The number of nitrogens with two attached hydrogens (primary N) is 1. The van der Waals surface area contributed by atoms with Gasteiger partial charge >= 0.3 is 0 Å². The molecular weight excluding hydrogens is 236 g/mol. The number of amides is 1. The Labute approximate surface area is 105 Å². The SMILES string of the molecule is CCN(CC(C)C#N)C(=O)Cc1csc(N)n1. The maximum atomic E-state index is 11.9. The molecule has 0 aromatic carbocycles. The highest BCUT2D eigenvalue weighted by molar-refractivity contribution is 7.13. The molecule has 1 unspecified atom stereocenters. The van der Waals surface area contributed by atoms with Gasteiger partial charge in [-0.25, -0.2) is 4.98 Å². The van der Waals surface area contributed by atoms with Crippen molar-refractivity contribution in [2.24, 2.45) is 5.92 Å². The lowest BCUT2D eigenvalue weighted by Crippen LogP contribution is -2.35. The minimum atomic E-state index is -0.153. The van der Waals surface area contributed by atoms with E-state index in [2.05, 4.69) is 11.1 Å². The summed E-state index contributed by atoms with van der Waals surface area (Å²) in [6.07, 6.45) is 0.250. The van der Waals surface area contributed by atoms with Gasteiger partial charge in [0.05, 0.1) is 24.1 Å². The lowest BCUT2D eigenvalue weighted by Gasteiger charge is -2.21. The molecule has 17 heavy (non-hydrogen) atoms. The van der Waals surface area contributed by atoms with Gasteiger partial charge in [0.2, 0.25) is 5.91 Å². The first-order valence-corrected chi connectivity index (χ1v) is 6.32. The molecule has 0 aliphatic heterocycles. The van der Waals surface area contributed by atoms with Gasteiger partial charge in [-0.05, 0) is 13.8 Å². The summed E-state index contributed by atoms with van der Waals surface area (Å²) in [4.78, 5) is 17.7. The maximum absolute atomic E-state index is 11.9. The number of hydrogen-bond acceptors (Lipinski definition) is 5. The summed E-state index contributed by atoms with van der Waals surface area (Å²) in [6.45, 7) is 4.77. The number of rotatable bonds is 5. The van der Waals surface area contributed by atoms with Gasteiger partial charge in [-0.15, -0.1) is 11.3 Å². The van der Waals surface area contributed by atoms with Gasteiger partial charge in [0, 0.05) is 18.5 Å². The van der Waals surface area contributed by atoms with Crippen LogP contribution >= 0.6 is 11.3 Å². The van der Waals surface area contributed by atoms with E-state index in [1.165, 1.54) is 11.3 Å². The molecule has 6 heteroatoms. The molecule has 0 fully saturated rings. The number of nitrogens with zero attached hydrogens (tertiary/aromatic N) is 3. The molecule has 0 radical (unpaired) electrons. The Bertz CT molecular complexity index is 423. The number of thiazole rings is 1. The zero-order chi connectivity index (χ0) is 12.8. The molecule has 1 atom stereocenters. The summed E-state index contributed by atoms with van der Waals surface area (Å²) >= 11 is 1.33. The monoisotopic (exact) mass is 252 g/mol. The molecule has 1 amide bonds. The molecule has 1 heterocycles. The summed E-state index contributed by atoms with van der Waals surface area (Å²) in [7, 11) is 0. The molecule has 0 aliphatic carbocycles. The topological polar surface area (TPSA) is 83.0 Å². The van der Waals surface area contributed by atoms with E-state index in [1.807, 2.05) is 6.92 Å².